The van der Waals surface area contributed by atoms with E-state index in [0.29, 0.717) is 10.7 Å². The summed E-state index contributed by atoms with van der Waals surface area (Å²) in [5.41, 5.74) is 2.14. The lowest BCUT2D eigenvalue weighted by atomic mass is 10.0. The van der Waals surface area contributed by atoms with E-state index in [2.05, 4.69) is 16.0 Å². The maximum absolute atomic E-state index is 12.7. The van der Waals surface area contributed by atoms with Gasteiger partial charge in [0.1, 0.15) is 5.01 Å². The lowest BCUT2D eigenvalue weighted by molar-refractivity contribution is 0.0975. The van der Waals surface area contributed by atoms with Gasteiger partial charge in [-0.05, 0) is 24.3 Å². The number of hydrogen-bond donors (Lipinski definition) is 1. The van der Waals surface area contributed by atoms with E-state index in [0.717, 1.165) is 21.1 Å². The van der Waals surface area contributed by atoms with E-state index >= 15 is 0 Å². The Kier molecular flexibility index (Phi) is 3.18. The first-order valence-electron chi connectivity index (χ1n) is 7.13. The number of thiazole rings is 1. The summed E-state index contributed by atoms with van der Waals surface area (Å²) < 4.78 is 0.979. The van der Waals surface area contributed by atoms with Gasteiger partial charge in [-0.1, -0.05) is 30.3 Å². The zero-order valence-corrected chi connectivity index (χ0v) is 12.8. The highest BCUT2D eigenvalue weighted by Crippen LogP contribution is 2.29. The van der Waals surface area contributed by atoms with Crippen molar-refractivity contribution in [2.24, 2.45) is 0 Å². The number of nitriles is 1. The van der Waals surface area contributed by atoms with E-state index in [9.17, 15) is 10.1 Å². The van der Waals surface area contributed by atoms with Gasteiger partial charge < -0.3 is 4.98 Å². The number of ketones is 1. The number of para-hydroxylation sites is 2. The van der Waals surface area contributed by atoms with E-state index in [1.54, 1.807) is 6.07 Å². The number of carbonyl (C=O) groups is 1. The quantitative estimate of drug-likeness (QED) is 0.574. The molecule has 2 aromatic carbocycles. The van der Waals surface area contributed by atoms with Crippen molar-refractivity contribution in [3.8, 4) is 6.07 Å². The summed E-state index contributed by atoms with van der Waals surface area (Å²) in [6.45, 7) is 0. The molecule has 0 spiro atoms. The van der Waals surface area contributed by atoms with Gasteiger partial charge in [-0.15, -0.1) is 11.3 Å². The average Bonchev–Trinajstić information content (AvgIpc) is 3.19. The first-order chi connectivity index (χ1) is 11.3. The Hall–Kier alpha value is -2.97. The molecule has 0 aliphatic rings. The molecule has 0 aliphatic carbocycles. The van der Waals surface area contributed by atoms with Gasteiger partial charge in [0.15, 0.2) is 5.92 Å². The van der Waals surface area contributed by atoms with Crippen molar-refractivity contribution in [3.63, 3.8) is 0 Å². The molecule has 2 heterocycles. The molecule has 4 nitrogen and oxygen atoms in total. The second-order valence-corrected chi connectivity index (χ2v) is 6.28. The molecule has 0 saturated carbocycles. The third-order valence-electron chi connectivity index (χ3n) is 3.74. The van der Waals surface area contributed by atoms with Crippen LogP contribution in [-0.2, 0) is 0 Å². The smallest absolute Gasteiger partial charge is 0.203 e. The van der Waals surface area contributed by atoms with E-state index in [-0.39, 0.29) is 5.78 Å². The molecule has 0 fully saturated rings. The fourth-order valence-corrected chi connectivity index (χ4v) is 3.61. The molecule has 4 rings (SSSR count). The van der Waals surface area contributed by atoms with Crippen LogP contribution in [-0.4, -0.2) is 15.8 Å². The summed E-state index contributed by atoms with van der Waals surface area (Å²) in [5, 5.41) is 11.0. The van der Waals surface area contributed by atoms with Gasteiger partial charge in [-0.25, -0.2) is 4.98 Å². The third-order valence-corrected chi connectivity index (χ3v) is 4.85. The molecule has 1 N–H and O–H groups in total. The van der Waals surface area contributed by atoms with E-state index in [1.165, 1.54) is 11.3 Å². The Morgan fingerprint density at radius 1 is 1.17 bits per heavy atom. The summed E-state index contributed by atoms with van der Waals surface area (Å²) >= 11 is 1.39. The number of aromatic nitrogens is 2. The normalized spacial score (nSPS) is 12.3. The largest absolute Gasteiger partial charge is 0.352 e. The monoisotopic (exact) mass is 317 g/mol. The standard InChI is InChI=1S/C18H11N3OS/c19-10-12(18-21-14-7-3-4-8-16(14)23-18)17(22)15-9-11-5-1-2-6-13(11)20-15/h1-9,12,20H. The summed E-state index contributed by atoms with van der Waals surface area (Å²) in [6.07, 6.45) is 0. The minimum Gasteiger partial charge on any atom is -0.352 e. The zero-order chi connectivity index (χ0) is 15.8. The molecular formula is C18H11N3OS. The van der Waals surface area contributed by atoms with Crippen LogP contribution in [0.3, 0.4) is 0 Å². The number of nitrogens with one attached hydrogen (secondary N) is 1. The van der Waals surface area contributed by atoms with Gasteiger partial charge in [0.2, 0.25) is 5.78 Å². The van der Waals surface area contributed by atoms with Crippen molar-refractivity contribution >= 4 is 38.2 Å². The Balaban J connectivity index is 1.76. The van der Waals surface area contributed by atoms with Crippen LogP contribution < -0.4 is 0 Å². The maximum Gasteiger partial charge on any atom is 0.203 e. The maximum atomic E-state index is 12.7. The van der Waals surface area contributed by atoms with Gasteiger partial charge in [0, 0.05) is 10.9 Å². The number of Topliss-reactive ketones (excluding diaryl/α,β-unsaturated/α-hetero) is 1. The highest BCUT2D eigenvalue weighted by atomic mass is 32.1. The van der Waals surface area contributed by atoms with Gasteiger partial charge in [0.05, 0.1) is 22.0 Å². The van der Waals surface area contributed by atoms with Crippen molar-refractivity contribution in [2.45, 2.75) is 5.92 Å². The summed E-state index contributed by atoms with van der Waals surface area (Å²) in [6, 6.07) is 19.2. The van der Waals surface area contributed by atoms with Crippen LogP contribution in [0.1, 0.15) is 21.4 Å². The van der Waals surface area contributed by atoms with Crippen molar-refractivity contribution in [1.82, 2.24) is 9.97 Å². The van der Waals surface area contributed by atoms with Crippen LogP contribution in [0.4, 0.5) is 0 Å². The molecule has 2 aromatic heterocycles. The first-order valence-corrected chi connectivity index (χ1v) is 7.95. The highest BCUT2D eigenvalue weighted by Gasteiger charge is 2.26. The lowest BCUT2D eigenvalue weighted by Crippen LogP contribution is -2.11. The zero-order valence-electron chi connectivity index (χ0n) is 12.0. The Bertz CT molecular complexity index is 1000. The predicted molar refractivity (Wildman–Crippen MR) is 90.6 cm³/mol. The minimum atomic E-state index is -0.888. The number of rotatable bonds is 3. The van der Waals surface area contributed by atoms with Crippen molar-refractivity contribution in [2.75, 3.05) is 0 Å². The topological polar surface area (TPSA) is 69.5 Å². The number of benzene rings is 2. The van der Waals surface area contributed by atoms with Crippen LogP contribution in [0.5, 0.6) is 0 Å². The van der Waals surface area contributed by atoms with Crippen molar-refractivity contribution in [3.05, 3.63) is 65.3 Å². The molecule has 110 valence electrons. The molecule has 5 heteroatoms. The van der Waals surface area contributed by atoms with Gasteiger partial charge in [0.25, 0.3) is 0 Å². The van der Waals surface area contributed by atoms with Crippen LogP contribution in [0.15, 0.2) is 54.6 Å². The van der Waals surface area contributed by atoms with Crippen molar-refractivity contribution in [1.29, 1.82) is 5.26 Å². The highest BCUT2D eigenvalue weighted by molar-refractivity contribution is 7.18. The molecule has 23 heavy (non-hydrogen) atoms. The van der Waals surface area contributed by atoms with Crippen LogP contribution in [0.25, 0.3) is 21.1 Å². The number of hydrogen-bond acceptors (Lipinski definition) is 4. The number of aromatic amines is 1. The SMILES string of the molecule is N#CC(C(=O)c1cc2ccccc2[nH]1)c1nc2ccccc2s1. The molecule has 0 radical (unpaired) electrons. The predicted octanol–water partition coefficient (Wildman–Crippen LogP) is 4.27. The van der Waals surface area contributed by atoms with E-state index in [1.807, 2.05) is 48.5 Å². The Morgan fingerprint density at radius 2 is 1.96 bits per heavy atom. The average molecular weight is 317 g/mol. The van der Waals surface area contributed by atoms with Crippen molar-refractivity contribution < 1.29 is 4.79 Å². The molecule has 0 aliphatic heterocycles. The molecule has 4 aromatic rings. The Morgan fingerprint density at radius 3 is 2.74 bits per heavy atom. The first kappa shape index (κ1) is 13.7. The molecule has 0 amide bonds. The molecule has 1 atom stereocenters. The Labute approximate surface area is 136 Å². The lowest BCUT2D eigenvalue weighted by Gasteiger charge is -2.02. The second kappa shape index (κ2) is 5.34. The number of carbonyl (C=O) groups excluding carboxylic acids is 1. The number of H-pyrrole nitrogens is 1. The number of nitrogens with zero attached hydrogens (tertiary/aromatic N) is 2. The molecule has 1 unspecified atom stereocenters. The fourth-order valence-electron chi connectivity index (χ4n) is 2.60. The van der Waals surface area contributed by atoms with E-state index < -0.39 is 5.92 Å². The van der Waals surface area contributed by atoms with Gasteiger partial charge >= 0.3 is 0 Å². The molecular weight excluding hydrogens is 306 g/mol. The van der Waals surface area contributed by atoms with E-state index in [4.69, 9.17) is 0 Å². The third kappa shape index (κ3) is 2.30. The van der Waals surface area contributed by atoms with Crippen LogP contribution in [0, 0.1) is 11.3 Å². The molecule has 0 bridgehead atoms. The minimum absolute atomic E-state index is 0.247. The summed E-state index contributed by atoms with van der Waals surface area (Å²) in [5.74, 6) is -1.14. The van der Waals surface area contributed by atoms with Crippen LogP contribution in [0.2, 0.25) is 0 Å². The van der Waals surface area contributed by atoms with Gasteiger partial charge in [-0.2, -0.15) is 5.26 Å². The molecule has 0 saturated heterocycles. The van der Waals surface area contributed by atoms with Crippen LogP contribution >= 0.6 is 11.3 Å². The van der Waals surface area contributed by atoms with Gasteiger partial charge in [-0.3, -0.25) is 4.79 Å². The number of fused-ring (bicyclic) bond motifs is 2. The fraction of sp³-hybridized carbons (Fsp3) is 0.0556. The second-order valence-electron chi connectivity index (χ2n) is 5.22. The summed E-state index contributed by atoms with van der Waals surface area (Å²) in [7, 11) is 0. The summed E-state index contributed by atoms with van der Waals surface area (Å²) in [4.78, 5) is 20.3.